The first-order valence-electron chi connectivity index (χ1n) is 9.81. The summed E-state index contributed by atoms with van der Waals surface area (Å²) in [5, 5.41) is 9.41. The van der Waals surface area contributed by atoms with Crippen molar-refractivity contribution in [2.75, 3.05) is 26.2 Å². The van der Waals surface area contributed by atoms with E-state index in [4.69, 9.17) is 0 Å². The molecule has 2 aliphatic rings. The molecule has 0 bridgehead atoms. The Kier molecular flexibility index (Phi) is 6.09. The maximum absolute atomic E-state index is 12.9. The van der Waals surface area contributed by atoms with Crippen molar-refractivity contribution in [3.05, 3.63) is 29.3 Å². The number of hydrogen-bond donors (Lipinski definition) is 1. The lowest BCUT2D eigenvalue weighted by Crippen LogP contribution is -2.53. The summed E-state index contributed by atoms with van der Waals surface area (Å²) in [4.78, 5) is 26.3. The Bertz CT molecular complexity index is 859. The lowest BCUT2D eigenvalue weighted by atomic mass is 9.78. The molecule has 3 rings (SSSR count). The summed E-state index contributed by atoms with van der Waals surface area (Å²) < 4.78 is 27.2. The number of piperazine rings is 1. The Hall–Kier alpha value is -1.93. The molecule has 8 heteroatoms. The Balaban J connectivity index is 1.67. The predicted octanol–water partition coefficient (Wildman–Crippen LogP) is 2.03. The maximum atomic E-state index is 12.9. The van der Waals surface area contributed by atoms with E-state index in [9.17, 15) is 23.1 Å². The zero-order valence-corrected chi connectivity index (χ0v) is 17.2. The van der Waals surface area contributed by atoms with E-state index >= 15 is 0 Å². The summed E-state index contributed by atoms with van der Waals surface area (Å²) in [6.07, 6.45) is 2.83. The average Bonchev–Trinajstić information content (AvgIpc) is 2.69. The average molecular weight is 409 g/mol. The third-order valence-corrected chi connectivity index (χ3v) is 7.96. The number of rotatable bonds is 4. The molecule has 28 heavy (non-hydrogen) atoms. The smallest absolute Gasteiger partial charge is 0.307 e. The van der Waals surface area contributed by atoms with Gasteiger partial charge in [0, 0.05) is 26.2 Å². The van der Waals surface area contributed by atoms with Crippen molar-refractivity contribution in [2.24, 2.45) is 11.8 Å². The highest BCUT2D eigenvalue weighted by Gasteiger charge is 2.39. The number of carboxylic acids is 1. The second kappa shape index (κ2) is 8.21. The van der Waals surface area contributed by atoms with Crippen molar-refractivity contribution in [3.63, 3.8) is 0 Å². The Labute approximate surface area is 166 Å². The van der Waals surface area contributed by atoms with Gasteiger partial charge in [0.15, 0.2) is 0 Å². The molecular weight excluding hydrogens is 380 g/mol. The molecule has 2 unspecified atom stereocenters. The minimum atomic E-state index is -3.60. The van der Waals surface area contributed by atoms with Crippen LogP contribution < -0.4 is 0 Å². The van der Waals surface area contributed by atoms with E-state index in [1.165, 1.54) is 4.31 Å². The maximum Gasteiger partial charge on any atom is 0.307 e. The minimum Gasteiger partial charge on any atom is -0.481 e. The Morgan fingerprint density at radius 1 is 0.964 bits per heavy atom. The topological polar surface area (TPSA) is 95.0 Å². The van der Waals surface area contributed by atoms with Crippen LogP contribution in [0.3, 0.4) is 0 Å². The molecule has 1 N–H and O–H groups in total. The van der Waals surface area contributed by atoms with Crippen LogP contribution in [0.1, 0.15) is 36.8 Å². The van der Waals surface area contributed by atoms with Crippen molar-refractivity contribution in [2.45, 2.75) is 44.4 Å². The molecule has 1 aliphatic heterocycles. The van der Waals surface area contributed by atoms with Gasteiger partial charge >= 0.3 is 5.97 Å². The molecular formula is C20H28N2O5S. The van der Waals surface area contributed by atoms with Gasteiger partial charge < -0.3 is 10.0 Å². The molecule has 1 saturated carbocycles. The van der Waals surface area contributed by atoms with Crippen molar-refractivity contribution in [3.8, 4) is 0 Å². The number of amides is 1. The van der Waals surface area contributed by atoms with E-state index in [1.807, 2.05) is 13.8 Å². The second-order valence-electron chi connectivity index (χ2n) is 7.81. The van der Waals surface area contributed by atoms with Gasteiger partial charge in [0.05, 0.1) is 16.7 Å². The number of sulfonamides is 1. The van der Waals surface area contributed by atoms with E-state index in [1.54, 1.807) is 23.1 Å². The van der Waals surface area contributed by atoms with Crippen LogP contribution >= 0.6 is 0 Å². The summed E-state index contributed by atoms with van der Waals surface area (Å²) >= 11 is 0. The van der Waals surface area contributed by atoms with Crippen molar-refractivity contribution in [1.29, 1.82) is 0 Å². The van der Waals surface area contributed by atoms with E-state index in [-0.39, 0.29) is 23.9 Å². The number of carboxylic acid groups (broad SMARTS) is 1. The van der Waals surface area contributed by atoms with Gasteiger partial charge in [-0.05, 0) is 49.9 Å². The van der Waals surface area contributed by atoms with Crippen LogP contribution in [0, 0.1) is 25.7 Å². The lowest BCUT2D eigenvalue weighted by Gasteiger charge is -2.38. The van der Waals surface area contributed by atoms with Crippen LogP contribution in [0.2, 0.25) is 0 Å². The van der Waals surface area contributed by atoms with Crippen molar-refractivity contribution in [1.82, 2.24) is 9.21 Å². The number of nitrogens with zero attached hydrogens (tertiary/aromatic N) is 2. The number of aliphatic carboxylic acids is 1. The molecule has 1 aromatic rings. The third-order valence-electron chi connectivity index (χ3n) is 6.07. The molecule has 7 nitrogen and oxygen atoms in total. The Morgan fingerprint density at radius 3 is 2.14 bits per heavy atom. The van der Waals surface area contributed by atoms with Crippen LogP contribution in [0.15, 0.2) is 23.1 Å². The van der Waals surface area contributed by atoms with E-state index in [0.717, 1.165) is 24.0 Å². The molecule has 1 heterocycles. The quantitative estimate of drug-likeness (QED) is 0.823. The van der Waals surface area contributed by atoms with Gasteiger partial charge in [-0.25, -0.2) is 8.42 Å². The zero-order valence-electron chi connectivity index (χ0n) is 16.4. The molecule has 0 aromatic heterocycles. The summed E-state index contributed by atoms with van der Waals surface area (Å²) in [7, 11) is -3.60. The number of carbonyl (C=O) groups excluding carboxylic acids is 1. The first kappa shape index (κ1) is 20.8. The standard InChI is InChI=1S/C20H28N2O5S/c1-14-7-8-16(13-15(14)2)28(26,27)22-11-9-21(10-12-22)19(23)17-5-3-4-6-18(17)20(24)25/h7-8,13,17-18H,3-6,9-12H2,1-2H3,(H,24,25). The first-order chi connectivity index (χ1) is 13.2. The zero-order chi connectivity index (χ0) is 20.5. The molecule has 154 valence electrons. The van der Waals surface area contributed by atoms with Crippen molar-refractivity contribution < 1.29 is 23.1 Å². The van der Waals surface area contributed by atoms with Crippen LogP contribution in [-0.4, -0.2) is 60.8 Å². The van der Waals surface area contributed by atoms with E-state index in [2.05, 4.69) is 0 Å². The highest BCUT2D eigenvalue weighted by atomic mass is 32.2. The summed E-state index contributed by atoms with van der Waals surface area (Å²) in [6.45, 7) is 4.87. The van der Waals surface area contributed by atoms with Crippen LogP contribution in [0.4, 0.5) is 0 Å². The van der Waals surface area contributed by atoms with Crippen LogP contribution in [0.5, 0.6) is 0 Å². The Morgan fingerprint density at radius 2 is 1.57 bits per heavy atom. The molecule has 1 aliphatic carbocycles. The third kappa shape index (κ3) is 4.07. The molecule has 0 spiro atoms. The van der Waals surface area contributed by atoms with Crippen LogP contribution in [0.25, 0.3) is 0 Å². The molecule has 2 atom stereocenters. The van der Waals surface area contributed by atoms with Gasteiger partial charge in [-0.15, -0.1) is 0 Å². The summed E-state index contributed by atoms with van der Waals surface area (Å²) in [5.74, 6) is -2.17. The van der Waals surface area contributed by atoms with Gasteiger partial charge in [0.25, 0.3) is 0 Å². The molecule has 2 fully saturated rings. The van der Waals surface area contributed by atoms with E-state index in [0.29, 0.717) is 25.9 Å². The summed E-state index contributed by atoms with van der Waals surface area (Å²) in [6, 6.07) is 5.10. The normalized spacial score (nSPS) is 24.1. The highest BCUT2D eigenvalue weighted by Crippen LogP contribution is 2.32. The van der Waals surface area contributed by atoms with E-state index < -0.39 is 27.8 Å². The van der Waals surface area contributed by atoms with Gasteiger partial charge in [0.2, 0.25) is 15.9 Å². The fraction of sp³-hybridized carbons (Fsp3) is 0.600. The molecule has 0 radical (unpaired) electrons. The number of benzene rings is 1. The number of aryl methyl sites for hydroxylation is 2. The number of carbonyl (C=O) groups is 2. The first-order valence-corrected chi connectivity index (χ1v) is 11.2. The van der Waals surface area contributed by atoms with Crippen LogP contribution in [-0.2, 0) is 19.6 Å². The monoisotopic (exact) mass is 408 g/mol. The van der Waals surface area contributed by atoms with Crippen molar-refractivity contribution >= 4 is 21.9 Å². The predicted molar refractivity (Wildman–Crippen MR) is 104 cm³/mol. The largest absolute Gasteiger partial charge is 0.481 e. The van der Waals surface area contributed by atoms with Gasteiger partial charge in [0.1, 0.15) is 0 Å². The fourth-order valence-electron chi connectivity index (χ4n) is 4.13. The molecule has 1 aromatic carbocycles. The second-order valence-corrected chi connectivity index (χ2v) is 9.75. The minimum absolute atomic E-state index is 0.143. The fourth-order valence-corrected chi connectivity index (χ4v) is 5.64. The molecule has 1 amide bonds. The van der Waals surface area contributed by atoms with Gasteiger partial charge in [-0.1, -0.05) is 18.9 Å². The van der Waals surface area contributed by atoms with Gasteiger partial charge in [-0.3, -0.25) is 9.59 Å². The lowest BCUT2D eigenvalue weighted by molar-refractivity contribution is -0.152. The van der Waals surface area contributed by atoms with Gasteiger partial charge in [-0.2, -0.15) is 4.31 Å². The molecule has 1 saturated heterocycles. The SMILES string of the molecule is Cc1ccc(S(=O)(=O)N2CCN(C(=O)C3CCCCC3C(=O)O)CC2)cc1C. The summed E-state index contributed by atoms with van der Waals surface area (Å²) in [5.41, 5.74) is 1.96. The highest BCUT2D eigenvalue weighted by molar-refractivity contribution is 7.89. The number of hydrogen-bond acceptors (Lipinski definition) is 4.